The zero-order valence-corrected chi connectivity index (χ0v) is 14.6. The molecular weight excluding hydrogens is 332 g/mol. The lowest BCUT2D eigenvalue weighted by Gasteiger charge is -2.22. The van der Waals surface area contributed by atoms with Crippen LogP contribution >= 0.6 is 11.3 Å². The van der Waals surface area contributed by atoms with Crippen LogP contribution in [0.2, 0.25) is 0 Å². The minimum atomic E-state index is -1.12. The molecule has 126 valence electrons. The number of H-pyrrole nitrogens is 1. The van der Waals surface area contributed by atoms with Gasteiger partial charge >= 0.3 is 0 Å². The van der Waals surface area contributed by atoms with Crippen molar-refractivity contribution in [3.63, 3.8) is 0 Å². The average Bonchev–Trinajstić information content (AvgIpc) is 3.23. The number of aromatic nitrogens is 1. The highest BCUT2D eigenvalue weighted by Gasteiger charge is 2.26. The van der Waals surface area contributed by atoms with Crippen molar-refractivity contribution in [2.45, 2.75) is 12.5 Å². The maximum Gasteiger partial charge on any atom is 0.267 e. The van der Waals surface area contributed by atoms with E-state index in [0.717, 1.165) is 25.9 Å². The molecule has 0 fully saturated rings. The summed E-state index contributed by atoms with van der Waals surface area (Å²) in [7, 11) is 0. The molecule has 25 heavy (non-hydrogen) atoms. The van der Waals surface area contributed by atoms with Crippen molar-refractivity contribution in [3.8, 4) is 0 Å². The molecule has 0 aliphatic carbocycles. The van der Waals surface area contributed by atoms with Gasteiger partial charge in [0.05, 0.1) is 6.54 Å². The first-order valence-electron chi connectivity index (χ1n) is 8.10. The smallest absolute Gasteiger partial charge is 0.267 e. The summed E-state index contributed by atoms with van der Waals surface area (Å²) in [6.45, 7) is 1.87. The van der Waals surface area contributed by atoms with Crippen LogP contribution in [0.4, 0.5) is 0 Å². The second kappa shape index (κ2) is 6.02. The van der Waals surface area contributed by atoms with Crippen LogP contribution in [0.15, 0.2) is 60.7 Å². The molecule has 1 amide bonds. The van der Waals surface area contributed by atoms with E-state index in [1.165, 1.54) is 0 Å². The summed E-state index contributed by atoms with van der Waals surface area (Å²) < 4.78 is 1.12. The molecule has 2 heterocycles. The zero-order chi connectivity index (χ0) is 17.4. The minimum absolute atomic E-state index is 0.147. The van der Waals surface area contributed by atoms with Crippen LogP contribution in [0.1, 0.15) is 22.3 Å². The number of nitrogens with one attached hydrogen (secondary N) is 2. The van der Waals surface area contributed by atoms with Crippen molar-refractivity contribution in [1.29, 1.82) is 0 Å². The Balaban J connectivity index is 1.51. The van der Waals surface area contributed by atoms with Gasteiger partial charge in [-0.15, -0.1) is 11.3 Å². The van der Waals surface area contributed by atoms with E-state index in [-0.39, 0.29) is 12.5 Å². The fourth-order valence-electron chi connectivity index (χ4n) is 2.88. The van der Waals surface area contributed by atoms with Gasteiger partial charge in [0.15, 0.2) is 0 Å². The van der Waals surface area contributed by atoms with Gasteiger partial charge in [-0.25, -0.2) is 0 Å². The van der Waals surface area contributed by atoms with Gasteiger partial charge in [0.1, 0.15) is 11.3 Å². The molecule has 4 rings (SSSR count). The Morgan fingerprint density at radius 2 is 1.84 bits per heavy atom. The van der Waals surface area contributed by atoms with Gasteiger partial charge in [-0.1, -0.05) is 36.4 Å². The van der Waals surface area contributed by atoms with Crippen LogP contribution in [0.5, 0.6) is 0 Å². The molecule has 3 N–H and O–H groups in total. The van der Waals surface area contributed by atoms with Crippen molar-refractivity contribution in [2.75, 3.05) is 6.54 Å². The predicted octanol–water partition coefficient (Wildman–Crippen LogP) is 4.02. The zero-order valence-electron chi connectivity index (χ0n) is 13.7. The first-order valence-corrected chi connectivity index (χ1v) is 8.92. The predicted molar refractivity (Wildman–Crippen MR) is 102 cm³/mol. The number of fused-ring (bicyclic) bond motifs is 2. The Hall–Kier alpha value is -2.63. The number of aliphatic hydroxyl groups is 1. The maximum absolute atomic E-state index is 12.4. The van der Waals surface area contributed by atoms with E-state index in [4.69, 9.17) is 0 Å². The van der Waals surface area contributed by atoms with Gasteiger partial charge in [-0.3, -0.25) is 4.79 Å². The highest BCUT2D eigenvalue weighted by Crippen LogP contribution is 2.32. The Morgan fingerprint density at radius 1 is 1.12 bits per heavy atom. The molecule has 0 saturated carbocycles. The molecular formula is C20H18N2O2S. The monoisotopic (exact) mass is 350 g/mol. The van der Waals surface area contributed by atoms with Gasteiger partial charge in [0.2, 0.25) is 0 Å². The molecule has 0 saturated heterocycles. The van der Waals surface area contributed by atoms with Crippen LogP contribution in [-0.4, -0.2) is 22.5 Å². The number of amides is 1. The van der Waals surface area contributed by atoms with Gasteiger partial charge in [-0.05, 0) is 36.6 Å². The number of carbonyl (C=O) groups is 1. The quantitative estimate of drug-likeness (QED) is 0.520. The molecule has 2 aromatic carbocycles. The summed E-state index contributed by atoms with van der Waals surface area (Å²) in [4.78, 5) is 16.4. The summed E-state index contributed by atoms with van der Waals surface area (Å²) in [6.07, 6.45) is 0. The SMILES string of the molecule is CC(O)(CNC(=O)c1cc2ccccc2[nH]1)c1cc2ccccc2s1. The van der Waals surface area contributed by atoms with E-state index in [1.807, 2.05) is 60.7 Å². The van der Waals surface area contributed by atoms with Gasteiger partial charge in [0, 0.05) is 20.5 Å². The van der Waals surface area contributed by atoms with Crippen LogP contribution in [-0.2, 0) is 5.60 Å². The Labute approximate surface area is 149 Å². The van der Waals surface area contributed by atoms with Crippen LogP contribution < -0.4 is 5.32 Å². The van der Waals surface area contributed by atoms with Crippen LogP contribution in [0.3, 0.4) is 0 Å². The van der Waals surface area contributed by atoms with E-state index >= 15 is 0 Å². The molecule has 4 nitrogen and oxygen atoms in total. The number of thiophene rings is 1. The minimum Gasteiger partial charge on any atom is -0.383 e. The number of hydrogen-bond acceptors (Lipinski definition) is 3. The summed E-state index contributed by atoms with van der Waals surface area (Å²) >= 11 is 1.55. The Morgan fingerprint density at radius 3 is 2.60 bits per heavy atom. The molecule has 0 radical (unpaired) electrons. The van der Waals surface area contributed by atoms with Crippen LogP contribution in [0.25, 0.3) is 21.0 Å². The lowest BCUT2D eigenvalue weighted by atomic mass is 10.0. The van der Waals surface area contributed by atoms with E-state index in [9.17, 15) is 9.90 Å². The first kappa shape index (κ1) is 15.9. The standard InChI is InChI=1S/C20H18N2O2S/c1-20(24,18-11-14-7-3-5-9-17(14)25-18)12-21-19(23)16-10-13-6-2-4-8-15(13)22-16/h2-11,22,24H,12H2,1H3,(H,21,23). The summed E-state index contributed by atoms with van der Waals surface area (Å²) in [5.74, 6) is -0.224. The second-order valence-corrected chi connectivity index (χ2v) is 7.46. The third kappa shape index (κ3) is 3.04. The maximum atomic E-state index is 12.4. The number of aromatic amines is 1. The average molecular weight is 350 g/mol. The van der Waals surface area contributed by atoms with Gasteiger partial charge in [-0.2, -0.15) is 0 Å². The topological polar surface area (TPSA) is 65.1 Å². The highest BCUT2D eigenvalue weighted by molar-refractivity contribution is 7.19. The highest BCUT2D eigenvalue weighted by atomic mass is 32.1. The molecule has 0 bridgehead atoms. The molecule has 1 atom stereocenters. The van der Waals surface area contributed by atoms with E-state index in [2.05, 4.69) is 10.3 Å². The second-order valence-electron chi connectivity index (χ2n) is 6.38. The van der Waals surface area contributed by atoms with E-state index in [1.54, 1.807) is 18.3 Å². The van der Waals surface area contributed by atoms with Crippen molar-refractivity contribution in [2.24, 2.45) is 0 Å². The Kier molecular flexibility index (Phi) is 3.82. The number of benzene rings is 2. The van der Waals surface area contributed by atoms with Gasteiger partial charge in [0.25, 0.3) is 5.91 Å². The molecule has 4 aromatic rings. The van der Waals surface area contributed by atoms with Crippen molar-refractivity contribution in [3.05, 3.63) is 71.2 Å². The summed E-state index contributed by atoms with van der Waals surface area (Å²) in [5.41, 5.74) is 0.294. The molecule has 0 spiro atoms. The van der Waals surface area contributed by atoms with Gasteiger partial charge < -0.3 is 15.4 Å². The third-order valence-corrected chi connectivity index (χ3v) is 5.69. The molecule has 0 aliphatic rings. The molecule has 5 heteroatoms. The fourth-order valence-corrected chi connectivity index (χ4v) is 3.98. The third-order valence-electron chi connectivity index (χ3n) is 4.32. The fraction of sp³-hybridized carbons (Fsp3) is 0.150. The van der Waals surface area contributed by atoms with Crippen molar-refractivity contribution >= 4 is 38.2 Å². The Bertz CT molecular complexity index is 996. The number of hydrogen-bond donors (Lipinski definition) is 3. The molecule has 1 unspecified atom stereocenters. The largest absolute Gasteiger partial charge is 0.383 e. The van der Waals surface area contributed by atoms with Crippen LogP contribution in [0, 0.1) is 0 Å². The summed E-state index contributed by atoms with van der Waals surface area (Å²) in [5, 5.41) is 15.7. The normalized spacial score (nSPS) is 13.8. The molecule has 2 aromatic heterocycles. The lowest BCUT2D eigenvalue weighted by molar-refractivity contribution is 0.0556. The lowest BCUT2D eigenvalue weighted by Crippen LogP contribution is -2.38. The number of para-hydroxylation sites is 1. The van der Waals surface area contributed by atoms with E-state index < -0.39 is 5.60 Å². The molecule has 0 aliphatic heterocycles. The summed E-state index contributed by atoms with van der Waals surface area (Å²) in [6, 6.07) is 19.6. The van der Waals surface area contributed by atoms with E-state index in [0.29, 0.717) is 5.69 Å². The van der Waals surface area contributed by atoms with Crippen molar-refractivity contribution in [1.82, 2.24) is 10.3 Å². The number of rotatable bonds is 4. The number of carbonyl (C=O) groups excluding carboxylic acids is 1. The van der Waals surface area contributed by atoms with Crippen molar-refractivity contribution < 1.29 is 9.90 Å². The first-order chi connectivity index (χ1) is 12.0.